The molecule has 0 amide bonds. The molecule has 3 aliphatic rings. The van der Waals surface area contributed by atoms with Gasteiger partial charge in [0, 0.05) is 29.8 Å². The largest absolute Gasteiger partial charge is 0.373 e. The quantitative estimate of drug-likeness (QED) is 0.802. The van der Waals surface area contributed by atoms with Crippen molar-refractivity contribution in [3.05, 3.63) is 65.7 Å². The van der Waals surface area contributed by atoms with Gasteiger partial charge >= 0.3 is 0 Å². The topological polar surface area (TPSA) is 35.8 Å². The number of para-hydroxylation sites is 1. The minimum absolute atomic E-state index is 0. The Balaban J connectivity index is 0.00000168. The molecule has 1 fully saturated rings. The lowest BCUT2D eigenvalue weighted by Crippen LogP contribution is -2.51. The highest BCUT2D eigenvalue weighted by Gasteiger charge is 2.52. The van der Waals surface area contributed by atoms with Gasteiger partial charge in [0.05, 0.1) is 0 Å². The van der Waals surface area contributed by atoms with Gasteiger partial charge in [-0.25, -0.2) is 0 Å². The molecule has 1 spiro atoms. The first-order chi connectivity index (χ1) is 12.2. The molecule has 1 saturated carbocycles. The Labute approximate surface area is 161 Å². The number of halogens is 1. The van der Waals surface area contributed by atoms with Gasteiger partial charge in [-0.3, -0.25) is 4.99 Å². The lowest BCUT2D eigenvalue weighted by Gasteiger charge is -2.44. The molecule has 5 rings (SSSR count). The molecule has 2 aromatic rings. The zero-order valence-electron chi connectivity index (χ0n) is 14.9. The van der Waals surface area contributed by atoms with E-state index in [2.05, 4.69) is 23.1 Å². The monoisotopic (exact) mass is 368 g/mol. The molecule has 1 unspecified atom stereocenters. The predicted octanol–water partition coefficient (Wildman–Crippen LogP) is 4.53. The van der Waals surface area contributed by atoms with Gasteiger partial charge in [0.1, 0.15) is 5.84 Å². The molecular formula is C22H25ClN2O. The number of hydrogen-bond donors (Lipinski definition) is 1. The average molecular weight is 369 g/mol. The third kappa shape index (κ3) is 2.41. The molecule has 2 heterocycles. The highest BCUT2D eigenvalue weighted by Crippen LogP contribution is 2.50. The number of rotatable bonds is 1. The molecular weight excluding hydrogens is 344 g/mol. The molecule has 3 nitrogen and oxygen atoms in total. The zero-order valence-corrected chi connectivity index (χ0v) is 15.7. The van der Waals surface area contributed by atoms with Crippen molar-refractivity contribution in [2.45, 2.75) is 37.7 Å². The van der Waals surface area contributed by atoms with Crippen LogP contribution >= 0.6 is 12.4 Å². The van der Waals surface area contributed by atoms with Crippen LogP contribution in [0.3, 0.4) is 0 Å². The predicted molar refractivity (Wildman–Crippen MR) is 108 cm³/mol. The van der Waals surface area contributed by atoms with Gasteiger partial charge in [0.15, 0.2) is 5.60 Å². The molecule has 2 aliphatic heterocycles. The average Bonchev–Trinajstić information content (AvgIpc) is 2.93. The first kappa shape index (κ1) is 17.6. The Kier molecular flexibility index (Phi) is 4.32. The Morgan fingerprint density at radius 2 is 1.58 bits per heavy atom. The molecule has 26 heavy (non-hydrogen) atoms. The molecule has 136 valence electrons. The summed E-state index contributed by atoms with van der Waals surface area (Å²) in [6.45, 7) is 1.83. The summed E-state index contributed by atoms with van der Waals surface area (Å²) < 4.78 is 0. The van der Waals surface area contributed by atoms with Gasteiger partial charge in [-0.05, 0) is 24.5 Å². The van der Waals surface area contributed by atoms with Crippen LogP contribution in [0.2, 0.25) is 0 Å². The minimum atomic E-state index is -1.13. The van der Waals surface area contributed by atoms with Gasteiger partial charge in [-0.15, -0.1) is 12.4 Å². The van der Waals surface area contributed by atoms with Gasteiger partial charge in [0.25, 0.3) is 0 Å². The fourth-order valence-corrected chi connectivity index (χ4v) is 5.01. The number of fused-ring (bicyclic) bond motifs is 3. The van der Waals surface area contributed by atoms with E-state index in [1.54, 1.807) is 0 Å². The van der Waals surface area contributed by atoms with Crippen molar-refractivity contribution in [3.63, 3.8) is 0 Å². The van der Waals surface area contributed by atoms with Crippen LogP contribution in [0.25, 0.3) is 0 Å². The van der Waals surface area contributed by atoms with Gasteiger partial charge in [-0.1, -0.05) is 67.8 Å². The second-order valence-corrected chi connectivity index (χ2v) is 7.88. The van der Waals surface area contributed by atoms with E-state index in [0.29, 0.717) is 0 Å². The van der Waals surface area contributed by atoms with Crippen molar-refractivity contribution < 1.29 is 5.11 Å². The summed E-state index contributed by atoms with van der Waals surface area (Å²) in [5.41, 5.74) is 2.15. The molecule has 4 heteroatoms. The van der Waals surface area contributed by atoms with Gasteiger partial charge < -0.3 is 10.0 Å². The van der Waals surface area contributed by atoms with Crippen LogP contribution in [0.5, 0.6) is 0 Å². The lowest BCUT2D eigenvalue weighted by atomic mass is 9.72. The maximum atomic E-state index is 11.8. The normalized spacial score (nSPS) is 25.9. The molecule has 0 radical (unpaired) electrons. The van der Waals surface area contributed by atoms with Crippen molar-refractivity contribution in [2.75, 3.05) is 18.0 Å². The van der Waals surface area contributed by atoms with Crippen LogP contribution in [0.4, 0.5) is 5.69 Å². The molecule has 2 aromatic carbocycles. The summed E-state index contributed by atoms with van der Waals surface area (Å²) in [4.78, 5) is 7.31. The molecule has 0 bridgehead atoms. The first-order valence-electron chi connectivity index (χ1n) is 9.43. The fourth-order valence-electron chi connectivity index (χ4n) is 5.01. The number of amidine groups is 1. The van der Waals surface area contributed by atoms with Crippen molar-refractivity contribution in [3.8, 4) is 0 Å². The number of aliphatic imine (C=N–C) groups is 1. The van der Waals surface area contributed by atoms with Crippen molar-refractivity contribution >= 4 is 23.9 Å². The SMILES string of the molecule is Cl.OC1(c2ccccc2)C2=NCC3(CCCCC3)CN2c2ccccc21. The third-order valence-corrected chi connectivity index (χ3v) is 6.33. The summed E-state index contributed by atoms with van der Waals surface area (Å²) in [5, 5.41) is 11.8. The minimum Gasteiger partial charge on any atom is -0.373 e. The van der Waals surface area contributed by atoms with Crippen molar-refractivity contribution in [1.29, 1.82) is 0 Å². The lowest BCUT2D eigenvalue weighted by molar-refractivity contribution is 0.152. The van der Waals surface area contributed by atoms with E-state index in [0.717, 1.165) is 35.7 Å². The van der Waals surface area contributed by atoms with E-state index in [4.69, 9.17) is 4.99 Å². The summed E-state index contributed by atoms with van der Waals surface area (Å²) >= 11 is 0. The van der Waals surface area contributed by atoms with E-state index in [-0.39, 0.29) is 17.8 Å². The Bertz CT molecular complexity index is 829. The molecule has 1 atom stereocenters. The number of hydrogen-bond acceptors (Lipinski definition) is 3. The van der Waals surface area contributed by atoms with Crippen LogP contribution in [0.1, 0.15) is 43.2 Å². The van der Waals surface area contributed by atoms with Crippen LogP contribution in [-0.2, 0) is 5.60 Å². The fraction of sp³-hybridized carbons (Fsp3) is 0.409. The van der Waals surface area contributed by atoms with Crippen LogP contribution < -0.4 is 4.90 Å². The molecule has 0 aromatic heterocycles. The molecule has 0 saturated heterocycles. The second-order valence-electron chi connectivity index (χ2n) is 7.88. The smallest absolute Gasteiger partial charge is 0.174 e. The standard InChI is InChI=1S/C22H24N2O.ClH/c25-22(17-9-3-1-4-10-17)18-11-5-6-12-19(18)24-16-21(15-23-20(22)24)13-7-2-8-14-21;/h1,3-6,9-12,25H,2,7-8,13-16H2;1H. The number of anilines is 1. The molecule has 1 N–H and O–H groups in total. The van der Waals surface area contributed by atoms with Crippen LogP contribution in [-0.4, -0.2) is 24.0 Å². The zero-order chi connectivity index (χ0) is 16.9. The van der Waals surface area contributed by atoms with E-state index in [1.807, 2.05) is 36.4 Å². The van der Waals surface area contributed by atoms with E-state index >= 15 is 0 Å². The second kappa shape index (κ2) is 6.40. The Morgan fingerprint density at radius 1 is 0.885 bits per heavy atom. The first-order valence-corrected chi connectivity index (χ1v) is 9.43. The van der Waals surface area contributed by atoms with Gasteiger partial charge in [0.2, 0.25) is 0 Å². The van der Waals surface area contributed by atoms with E-state index in [9.17, 15) is 5.11 Å². The summed E-state index contributed by atoms with van der Waals surface area (Å²) in [7, 11) is 0. The van der Waals surface area contributed by atoms with Gasteiger partial charge in [-0.2, -0.15) is 0 Å². The van der Waals surface area contributed by atoms with E-state index in [1.165, 1.54) is 32.1 Å². The van der Waals surface area contributed by atoms with Crippen molar-refractivity contribution in [2.24, 2.45) is 10.4 Å². The maximum absolute atomic E-state index is 11.8. The summed E-state index contributed by atoms with van der Waals surface area (Å²) in [6.07, 6.45) is 6.48. The third-order valence-electron chi connectivity index (χ3n) is 6.33. The number of benzene rings is 2. The van der Waals surface area contributed by atoms with Crippen LogP contribution in [0, 0.1) is 5.41 Å². The Hall–Kier alpha value is -1.84. The number of nitrogens with zero attached hydrogens (tertiary/aromatic N) is 2. The summed E-state index contributed by atoms with van der Waals surface area (Å²) in [5.74, 6) is 0.816. The maximum Gasteiger partial charge on any atom is 0.174 e. The van der Waals surface area contributed by atoms with E-state index < -0.39 is 5.60 Å². The highest BCUT2D eigenvalue weighted by molar-refractivity contribution is 6.12. The van der Waals surface area contributed by atoms with Crippen LogP contribution in [0.15, 0.2) is 59.6 Å². The van der Waals surface area contributed by atoms with Crippen molar-refractivity contribution in [1.82, 2.24) is 0 Å². The number of aliphatic hydroxyl groups is 1. The summed E-state index contributed by atoms with van der Waals surface area (Å²) in [6, 6.07) is 18.3. The molecule has 1 aliphatic carbocycles. The Morgan fingerprint density at radius 3 is 2.35 bits per heavy atom. The highest BCUT2D eigenvalue weighted by atomic mass is 35.5.